The molecule has 0 aromatic carbocycles. The van der Waals surface area contributed by atoms with Crippen LogP contribution in [-0.4, -0.2) is 50.5 Å². The zero-order chi connectivity index (χ0) is 12.7. The van der Waals surface area contributed by atoms with Crippen molar-refractivity contribution in [3.05, 3.63) is 0 Å². The molecule has 0 saturated carbocycles. The summed E-state index contributed by atoms with van der Waals surface area (Å²) in [5.74, 6) is 0.828. The second-order valence-corrected chi connectivity index (χ2v) is 5.16. The van der Waals surface area contributed by atoms with E-state index >= 15 is 0 Å². The lowest BCUT2D eigenvalue weighted by Crippen LogP contribution is -2.48. The van der Waals surface area contributed by atoms with Gasteiger partial charge >= 0.3 is 0 Å². The average molecular weight is 371 g/mol. The standard InChI is InChI=1S/C12H25N3O2.HI/c1-5-13-11(15-12(2,3)4)14-8-10-9-16-6-7-17-10;/h10H,5-9H2,1-4H3,(H2,13,14,15);1H. The van der Waals surface area contributed by atoms with Crippen LogP contribution in [0.2, 0.25) is 0 Å². The van der Waals surface area contributed by atoms with Crippen LogP contribution < -0.4 is 10.6 Å². The van der Waals surface area contributed by atoms with Gasteiger partial charge in [0.05, 0.1) is 26.4 Å². The summed E-state index contributed by atoms with van der Waals surface area (Å²) in [7, 11) is 0. The Morgan fingerprint density at radius 3 is 2.56 bits per heavy atom. The van der Waals surface area contributed by atoms with Crippen molar-refractivity contribution in [3.8, 4) is 0 Å². The molecule has 0 bridgehead atoms. The molecule has 1 atom stereocenters. The van der Waals surface area contributed by atoms with E-state index in [4.69, 9.17) is 9.47 Å². The fourth-order valence-corrected chi connectivity index (χ4v) is 1.50. The first-order valence-electron chi connectivity index (χ1n) is 6.27. The smallest absolute Gasteiger partial charge is 0.191 e. The number of ether oxygens (including phenoxy) is 2. The maximum atomic E-state index is 5.55. The number of hydrogen-bond acceptors (Lipinski definition) is 3. The van der Waals surface area contributed by atoms with Gasteiger partial charge in [-0.25, -0.2) is 0 Å². The molecule has 0 spiro atoms. The van der Waals surface area contributed by atoms with E-state index in [9.17, 15) is 0 Å². The van der Waals surface area contributed by atoms with Gasteiger partial charge in [-0.1, -0.05) is 0 Å². The average Bonchev–Trinajstić information content (AvgIpc) is 2.26. The normalized spacial score (nSPS) is 21.1. The minimum Gasteiger partial charge on any atom is -0.376 e. The molecule has 1 saturated heterocycles. The van der Waals surface area contributed by atoms with Crippen molar-refractivity contribution >= 4 is 29.9 Å². The van der Waals surface area contributed by atoms with Crippen molar-refractivity contribution in [3.63, 3.8) is 0 Å². The highest BCUT2D eigenvalue weighted by atomic mass is 127. The minimum atomic E-state index is 0. The number of hydrogen-bond donors (Lipinski definition) is 2. The van der Waals surface area contributed by atoms with Crippen LogP contribution in [0.25, 0.3) is 0 Å². The Labute approximate surface area is 127 Å². The second-order valence-electron chi connectivity index (χ2n) is 5.16. The van der Waals surface area contributed by atoms with Crippen LogP contribution in [0.3, 0.4) is 0 Å². The predicted octanol–water partition coefficient (Wildman–Crippen LogP) is 1.37. The van der Waals surface area contributed by atoms with Crippen LogP contribution >= 0.6 is 24.0 Å². The Balaban J connectivity index is 0.00000289. The van der Waals surface area contributed by atoms with Crippen molar-refractivity contribution in [2.24, 2.45) is 4.99 Å². The number of rotatable bonds is 3. The summed E-state index contributed by atoms with van der Waals surface area (Å²) in [6, 6.07) is 0. The van der Waals surface area contributed by atoms with E-state index in [2.05, 4.69) is 43.3 Å². The van der Waals surface area contributed by atoms with Crippen LogP contribution in [0.4, 0.5) is 0 Å². The van der Waals surface area contributed by atoms with Crippen molar-refractivity contribution in [2.45, 2.75) is 39.3 Å². The maximum absolute atomic E-state index is 5.55. The van der Waals surface area contributed by atoms with E-state index in [0.29, 0.717) is 26.4 Å². The second kappa shape index (κ2) is 8.92. The highest BCUT2D eigenvalue weighted by molar-refractivity contribution is 14.0. The number of guanidine groups is 1. The van der Waals surface area contributed by atoms with Crippen molar-refractivity contribution in [2.75, 3.05) is 32.9 Å². The van der Waals surface area contributed by atoms with E-state index in [-0.39, 0.29) is 35.6 Å². The fraction of sp³-hybridized carbons (Fsp3) is 0.917. The lowest BCUT2D eigenvalue weighted by molar-refractivity contribution is -0.0833. The molecule has 1 aliphatic rings. The summed E-state index contributed by atoms with van der Waals surface area (Å²) in [4.78, 5) is 4.51. The SMILES string of the molecule is CCNC(=NCC1COCCO1)NC(C)(C)C.I. The largest absolute Gasteiger partial charge is 0.376 e. The summed E-state index contributed by atoms with van der Waals surface area (Å²) in [6.45, 7) is 11.9. The Hall–Kier alpha value is -0.0800. The Morgan fingerprint density at radius 1 is 1.33 bits per heavy atom. The molecule has 2 N–H and O–H groups in total. The van der Waals surface area contributed by atoms with Gasteiger partial charge in [0.25, 0.3) is 0 Å². The van der Waals surface area contributed by atoms with Gasteiger partial charge in [-0.3, -0.25) is 4.99 Å². The molecule has 1 rings (SSSR count). The first-order chi connectivity index (χ1) is 8.01. The summed E-state index contributed by atoms with van der Waals surface area (Å²) < 4.78 is 10.9. The molecular formula is C12H26IN3O2. The predicted molar refractivity (Wildman–Crippen MR) is 84.8 cm³/mol. The molecule has 1 unspecified atom stereocenters. The van der Waals surface area contributed by atoms with Crippen LogP contribution in [0, 0.1) is 0 Å². The first kappa shape index (κ1) is 17.9. The molecule has 0 aromatic heterocycles. The van der Waals surface area contributed by atoms with Crippen LogP contribution in [-0.2, 0) is 9.47 Å². The summed E-state index contributed by atoms with van der Waals surface area (Å²) in [6.07, 6.45) is 0.0826. The molecule has 5 nitrogen and oxygen atoms in total. The number of nitrogens with one attached hydrogen (secondary N) is 2. The van der Waals surface area contributed by atoms with Crippen LogP contribution in [0.1, 0.15) is 27.7 Å². The number of nitrogens with zero attached hydrogens (tertiary/aromatic N) is 1. The summed E-state index contributed by atoms with van der Waals surface area (Å²) >= 11 is 0. The fourth-order valence-electron chi connectivity index (χ4n) is 1.50. The Morgan fingerprint density at radius 2 is 2.06 bits per heavy atom. The molecule has 108 valence electrons. The van der Waals surface area contributed by atoms with Gasteiger partial charge in [0.1, 0.15) is 6.10 Å². The topological polar surface area (TPSA) is 54.9 Å². The molecule has 18 heavy (non-hydrogen) atoms. The van der Waals surface area contributed by atoms with Crippen molar-refractivity contribution < 1.29 is 9.47 Å². The lowest BCUT2D eigenvalue weighted by Gasteiger charge is -2.25. The van der Waals surface area contributed by atoms with Crippen molar-refractivity contribution in [1.29, 1.82) is 0 Å². The first-order valence-corrected chi connectivity index (χ1v) is 6.27. The van der Waals surface area contributed by atoms with Crippen LogP contribution in [0.5, 0.6) is 0 Å². The monoisotopic (exact) mass is 371 g/mol. The summed E-state index contributed by atoms with van der Waals surface area (Å²) in [5, 5.41) is 6.56. The quantitative estimate of drug-likeness (QED) is 0.447. The highest BCUT2D eigenvalue weighted by Gasteiger charge is 2.15. The van der Waals surface area contributed by atoms with E-state index in [1.807, 2.05) is 0 Å². The molecule has 1 heterocycles. The van der Waals surface area contributed by atoms with E-state index < -0.39 is 0 Å². The number of aliphatic imine (C=N–C) groups is 1. The molecule has 0 aliphatic carbocycles. The van der Waals surface area contributed by atoms with Gasteiger partial charge in [0, 0.05) is 12.1 Å². The lowest BCUT2D eigenvalue weighted by atomic mass is 10.1. The number of halogens is 1. The molecule has 1 aliphatic heterocycles. The Bertz CT molecular complexity index is 248. The maximum Gasteiger partial charge on any atom is 0.191 e. The van der Waals surface area contributed by atoms with E-state index in [0.717, 1.165) is 12.5 Å². The Kier molecular flexibility index (Phi) is 8.89. The van der Waals surface area contributed by atoms with Gasteiger partial charge < -0.3 is 20.1 Å². The third-order valence-electron chi connectivity index (χ3n) is 2.18. The highest BCUT2D eigenvalue weighted by Crippen LogP contribution is 2.02. The van der Waals surface area contributed by atoms with Crippen molar-refractivity contribution in [1.82, 2.24) is 10.6 Å². The third-order valence-corrected chi connectivity index (χ3v) is 2.18. The minimum absolute atomic E-state index is 0. The molecule has 0 radical (unpaired) electrons. The zero-order valence-electron chi connectivity index (χ0n) is 11.8. The van der Waals surface area contributed by atoms with Gasteiger partial charge in [0.2, 0.25) is 0 Å². The molecule has 1 fully saturated rings. The molecule has 0 amide bonds. The molecule has 6 heteroatoms. The zero-order valence-corrected chi connectivity index (χ0v) is 14.1. The molecule has 0 aromatic rings. The third kappa shape index (κ3) is 8.10. The van der Waals surface area contributed by atoms with E-state index in [1.54, 1.807) is 0 Å². The van der Waals surface area contributed by atoms with Gasteiger partial charge in [-0.2, -0.15) is 0 Å². The van der Waals surface area contributed by atoms with Gasteiger partial charge in [0.15, 0.2) is 5.96 Å². The van der Waals surface area contributed by atoms with Gasteiger partial charge in [-0.15, -0.1) is 24.0 Å². The van der Waals surface area contributed by atoms with E-state index in [1.165, 1.54) is 0 Å². The van der Waals surface area contributed by atoms with Crippen LogP contribution in [0.15, 0.2) is 4.99 Å². The summed E-state index contributed by atoms with van der Waals surface area (Å²) in [5.41, 5.74) is 0.00489. The molecular weight excluding hydrogens is 345 g/mol. The van der Waals surface area contributed by atoms with Gasteiger partial charge in [-0.05, 0) is 27.7 Å².